The van der Waals surface area contributed by atoms with Gasteiger partial charge >= 0.3 is 0 Å². The Hall–Kier alpha value is 0.140. The summed E-state index contributed by atoms with van der Waals surface area (Å²) in [5.41, 5.74) is 2.70. The van der Waals surface area contributed by atoms with Crippen LogP contribution in [0.3, 0.4) is 0 Å². The first-order valence-electron chi connectivity index (χ1n) is 6.47. The van der Waals surface area contributed by atoms with Crippen molar-refractivity contribution in [3.63, 3.8) is 0 Å². The number of aryl methyl sites for hydroxylation is 1. The Labute approximate surface area is 127 Å². The van der Waals surface area contributed by atoms with Crippen LogP contribution in [0.5, 0.6) is 0 Å². The topological polar surface area (TPSA) is 9.23 Å². The van der Waals surface area contributed by atoms with Gasteiger partial charge in [0, 0.05) is 22.7 Å². The molecule has 1 fully saturated rings. The lowest BCUT2D eigenvalue weighted by Gasteiger charge is -2.30. The molecule has 0 heterocycles. The van der Waals surface area contributed by atoms with Crippen molar-refractivity contribution in [1.29, 1.82) is 0 Å². The van der Waals surface area contributed by atoms with Gasteiger partial charge in [-0.1, -0.05) is 61.7 Å². The molecule has 1 saturated carbocycles. The summed E-state index contributed by atoms with van der Waals surface area (Å²) in [6.07, 6.45) is 2.69. The van der Waals surface area contributed by atoms with Crippen LogP contribution in [-0.2, 0) is 10.2 Å². The van der Waals surface area contributed by atoms with E-state index in [2.05, 4.69) is 63.0 Å². The van der Waals surface area contributed by atoms with Gasteiger partial charge in [-0.3, -0.25) is 0 Å². The van der Waals surface area contributed by atoms with Crippen LogP contribution in [0.2, 0.25) is 0 Å². The summed E-state index contributed by atoms with van der Waals surface area (Å²) in [5, 5.41) is 1.83. The lowest BCUT2D eigenvalue weighted by atomic mass is 9.84. The minimum absolute atomic E-state index is 0.0426. The molecule has 0 radical (unpaired) electrons. The number of halogens is 2. The molecule has 1 aliphatic rings. The van der Waals surface area contributed by atoms with Crippen molar-refractivity contribution in [3.8, 4) is 0 Å². The zero-order chi connectivity index (χ0) is 13.0. The summed E-state index contributed by atoms with van der Waals surface area (Å²) in [7, 11) is 0. The summed E-state index contributed by atoms with van der Waals surface area (Å²) < 4.78 is 5.94. The second-order valence-corrected chi connectivity index (χ2v) is 6.50. The normalized spacial score (nSPS) is 15.9. The Morgan fingerprint density at radius 1 is 1.28 bits per heavy atom. The van der Waals surface area contributed by atoms with Crippen molar-refractivity contribution in [2.45, 2.75) is 25.2 Å². The molecule has 1 aliphatic carbocycles. The van der Waals surface area contributed by atoms with E-state index in [9.17, 15) is 0 Å². The first-order chi connectivity index (χ1) is 8.70. The van der Waals surface area contributed by atoms with Crippen LogP contribution >= 0.6 is 31.9 Å². The van der Waals surface area contributed by atoms with Crippen LogP contribution in [-0.4, -0.2) is 23.9 Å². The van der Waals surface area contributed by atoms with E-state index < -0.39 is 0 Å². The van der Waals surface area contributed by atoms with Crippen LogP contribution in [0.1, 0.15) is 24.0 Å². The minimum Gasteiger partial charge on any atom is -0.380 e. The number of hydrogen-bond donors (Lipinski definition) is 0. The predicted molar refractivity (Wildman–Crippen MR) is 84.0 cm³/mol. The Balaban J connectivity index is 2.08. The highest BCUT2D eigenvalue weighted by Crippen LogP contribution is 2.33. The molecule has 0 spiro atoms. The number of alkyl halides is 2. The Kier molecular flexibility index (Phi) is 5.28. The maximum atomic E-state index is 5.94. The van der Waals surface area contributed by atoms with Crippen molar-refractivity contribution >= 4 is 31.9 Å². The van der Waals surface area contributed by atoms with Crippen LogP contribution < -0.4 is 0 Å². The van der Waals surface area contributed by atoms with Gasteiger partial charge in [0.25, 0.3) is 0 Å². The quantitative estimate of drug-likeness (QED) is 0.639. The van der Waals surface area contributed by atoms with E-state index in [0.717, 1.165) is 29.8 Å². The van der Waals surface area contributed by atoms with Gasteiger partial charge in [-0.25, -0.2) is 0 Å². The summed E-state index contributed by atoms with van der Waals surface area (Å²) in [6, 6.07) is 8.74. The Morgan fingerprint density at radius 2 is 2.00 bits per heavy atom. The average molecular weight is 376 g/mol. The summed E-state index contributed by atoms with van der Waals surface area (Å²) in [4.78, 5) is 0. The molecule has 18 heavy (non-hydrogen) atoms. The van der Waals surface area contributed by atoms with Crippen molar-refractivity contribution in [1.82, 2.24) is 0 Å². The van der Waals surface area contributed by atoms with Gasteiger partial charge in [-0.2, -0.15) is 0 Å². The summed E-state index contributed by atoms with van der Waals surface area (Å²) in [5.74, 6) is 0.825. The number of hydrogen-bond acceptors (Lipinski definition) is 1. The fraction of sp³-hybridized carbons (Fsp3) is 0.600. The smallest absolute Gasteiger partial charge is 0.0579 e. The highest BCUT2D eigenvalue weighted by molar-refractivity contribution is 9.09. The molecule has 0 aromatic heterocycles. The zero-order valence-electron chi connectivity index (χ0n) is 10.8. The van der Waals surface area contributed by atoms with E-state index in [4.69, 9.17) is 4.74 Å². The molecule has 0 bridgehead atoms. The Morgan fingerprint density at radius 3 is 2.56 bits per heavy atom. The average Bonchev–Trinajstić information content (AvgIpc) is 3.19. The molecule has 100 valence electrons. The molecular weight excluding hydrogens is 356 g/mol. The summed E-state index contributed by atoms with van der Waals surface area (Å²) in [6.45, 7) is 3.85. The third-order valence-corrected chi connectivity index (χ3v) is 5.72. The van der Waals surface area contributed by atoms with Gasteiger partial charge in [-0.05, 0) is 31.2 Å². The molecule has 1 nitrogen and oxygen atoms in total. The lowest BCUT2D eigenvalue weighted by Crippen LogP contribution is -2.36. The van der Waals surface area contributed by atoms with Crippen LogP contribution in [0.25, 0.3) is 0 Å². The molecule has 0 saturated heterocycles. The van der Waals surface area contributed by atoms with E-state index >= 15 is 0 Å². The first kappa shape index (κ1) is 14.5. The number of ether oxygens (including phenoxy) is 1. The molecule has 1 aromatic carbocycles. The molecule has 0 N–H and O–H groups in total. The van der Waals surface area contributed by atoms with E-state index in [1.165, 1.54) is 24.0 Å². The SMILES string of the molecule is Cc1cccc(C(CBr)(CBr)COCC2CC2)c1. The second kappa shape index (κ2) is 6.53. The highest BCUT2D eigenvalue weighted by Gasteiger charge is 2.32. The number of rotatable bonds is 7. The molecule has 0 atom stereocenters. The highest BCUT2D eigenvalue weighted by atomic mass is 79.9. The maximum Gasteiger partial charge on any atom is 0.0579 e. The van der Waals surface area contributed by atoms with E-state index in [-0.39, 0.29) is 5.41 Å². The van der Waals surface area contributed by atoms with E-state index in [1.807, 2.05) is 0 Å². The third-order valence-electron chi connectivity index (χ3n) is 3.57. The fourth-order valence-electron chi connectivity index (χ4n) is 2.03. The van der Waals surface area contributed by atoms with Crippen molar-refractivity contribution in [3.05, 3.63) is 35.4 Å². The fourth-order valence-corrected chi connectivity index (χ4v) is 3.93. The molecule has 0 unspecified atom stereocenters. The van der Waals surface area contributed by atoms with Crippen LogP contribution in [0.15, 0.2) is 24.3 Å². The van der Waals surface area contributed by atoms with Gasteiger partial charge in [0.15, 0.2) is 0 Å². The van der Waals surface area contributed by atoms with E-state index in [1.54, 1.807) is 0 Å². The monoisotopic (exact) mass is 374 g/mol. The van der Waals surface area contributed by atoms with Crippen molar-refractivity contribution < 1.29 is 4.74 Å². The van der Waals surface area contributed by atoms with Gasteiger partial charge in [-0.15, -0.1) is 0 Å². The number of benzene rings is 1. The van der Waals surface area contributed by atoms with Crippen LogP contribution in [0, 0.1) is 12.8 Å². The first-order valence-corrected chi connectivity index (χ1v) is 8.71. The molecular formula is C15H20Br2O. The lowest BCUT2D eigenvalue weighted by molar-refractivity contribution is 0.0904. The molecule has 0 amide bonds. The van der Waals surface area contributed by atoms with Crippen molar-refractivity contribution in [2.75, 3.05) is 23.9 Å². The maximum absolute atomic E-state index is 5.94. The largest absolute Gasteiger partial charge is 0.380 e. The third kappa shape index (κ3) is 3.58. The molecule has 1 aromatic rings. The van der Waals surface area contributed by atoms with E-state index in [0.29, 0.717) is 0 Å². The van der Waals surface area contributed by atoms with Gasteiger partial charge in [0.05, 0.1) is 6.61 Å². The van der Waals surface area contributed by atoms with Gasteiger partial charge < -0.3 is 4.74 Å². The second-order valence-electron chi connectivity index (χ2n) is 5.38. The predicted octanol–water partition coefficient (Wildman–Crippen LogP) is 4.45. The van der Waals surface area contributed by atoms with Gasteiger partial charge in [0.1, 0.15) is 0 Å². The minimum atomic E-state index is 0.0426. The van der Waals surface area contributed by atoms with Crippen LogP contribution in [0.4, 0.5) is 0 Å². The standard InChI is InChI=1S/C15H20Br2O/c1-12-3-2-4-14(7-12)15(9-16,10-17)11-18-8-13-5-6-13/h2-4,7,13H,5-6,8-11H2,1H3. The molecule has 0 aliphatic heterocycles. The summed E-state index contributed by atoms with van der Waals surface area (Å²) >= 11 is 7.33. The Bertz CT molecular complexity index is 384. The van der Waals surface area contributed by atoms with Gasteiger partial charge in [0.2, 0.25) is 0 Å². The van der Waals surface area contributed by atoms with Crippen molar-refractivity contribution in [2.24, 2.45) is 5.92 Å². The zero-order valence-corrected chi connectivity index (χ0v) is 14.0. The molecule has 2 rings (SSSR count). The molecule has 3 heteroatoms.